The lowest BCUT2D eigenvalue weighted by Gasteiger charge is -2.47. The minimum atomic E-state index is -4.82. The van der Waals surface area contributed by atoms with Crippen molar-refractivity contribution in [2.24, 2.45) is 5.41 Å². The second-order valence-corrected chi connectivity index (χ2v) is 11.8. The van der Waals surface area contributed by atoms with Gasteiger partial charge in [-0.05, 0) is 62.4 Å². The molecule has 2 fully saturated rings. The molecule has 3 aromatic rings. The molecular weight excluding hydrogens is 592 g/mol. The van der Waals surface area contributed by atoms with Crippen molar-refractivity contribution < 1.29 is 22.5 Å². The average Bonchev–Trinajstić information content (AvgIpc) is 2.86. The van der Waals surface area contributed by atoms with Crippen LogP contribution in [0.4, 0.5) is 28.4 Å². The quantitative estimate of drug-likeness (QED) is 0.193. The van der Waals surface area contributed by atoms with Crippen LogP contribution in [0.5, 0.6) is 0 Å². The Morgan fingerprint density at radius 3 is 2.34 bits per heavy atom. The maximum Gasteiger partial charge on any atom is 0.416 e. The highest BCUT2D eigenvalue weighted by atomic mass is 79.9. The number of fused-ring (bicyclic) bond motifs is 1. The number of nitro benzene ring substituents is 1. The van der Waals surface area contributed by atoms with E-state index in [-0.39, 0.29) is 21.1 Å². The largest absolute Gasteiger partial charge is 0.416 e. The van der Waals surface area contributed by atoms with Crippen molar-refractivity contribution in [3.63, 3.8) is 0 Å². The van der Waals surface area contributed by atoms with E-state index in [9.17, 15) is 32.5 Å². The number of benzene rings is 2. The van der Waals surface area contributed by atoms with Crippen molar-refractivity contribution in [3.8, 4) is 0 Å². The van der Waals surface area contributed by atoms with Crippen molar-refractivity contribution >= 4 is 48.2 Å². The number of non-ortho nitro benzene ring substituents is 1. The number of aromatic nitrogens is 1. The van der Waals surface area contributed by atoms with Gasteiger partial charge >= 0.3 is 6.18 Å². The third-order valence-electron chi connectivity index (χ3n) is 7.63. The number of hydrogen-bond acceptors (Lipinski definition) is 7. The van der Waals surface area contributed by atoms with Gasteiger partial charge < -0.3 is 4.90 Å². The first-order valence-corrected chi connectivity index (χ1v) is 13.7. The fraction of sp³-hybridized carbons (Fsp3) is 0.440. The number of rotatable bonds is 4. The molecule has 0 atom stereocenters. The van der Waals surface area contributed by atoms with E-state index in [2.05, 4.69) is 25.8 Å². The summed E-state index contributed by atoms with van der Waals surface area (Å²) in [6, 6.07) is 6.20. The molecule has 0 amide bonds. The van der Waals surface area contributed by atoms with Gasteiger partial charge in [-0.15, -0.1) is 0 Å². The average molecular weight is 615 g/mol. The summed E-state index contributed by atoms with van der Waals surface area (Å²) in [7, 11) is 0. The van der Waals surface area contributed by atoms with Crippen LogP contribution in [0.25, 0.3) is 10.1 Å². The van der Waals surface area contributed by atoms with Crippen LogP contribution in [0, 0.1) is 21.3 Å². The second-order valence-electron chi connectivity index (χ2n) is 9.93. The Balaban J connectivity index is 1.29. The molecule has 2 saturated heterocycles. The Hall–Kier alpha value is -2.64. The first kappa shape index (κ1) is 26.9. The molecule has 2 aliphatic rings. The van der Waals surface area contributed by atoms with Crippen LogP contribution in [-0.4, -0.2) is 41.0 Å². The molecule has 0 N–H and O–H groups in total. The number of anilines is 1. The van der Waals surface area contributed by atoms with Crippen LogP contribution in [0.1, 0.15) is 36.8 Å². The molecule has 1 aromatic heterocycles. The maximum atomic E-state index is 14.2. The normalized spacial score (nSPS) is 18.3. The van der Waals surface area contributed by atoms with E-state index in [0.29, 0.717) is 41.8 Å². The monoisotopic (exact) mass is 614 g/mol. The van der Waals surface area contributed by atoms with E-state index in [1.54, 1.807) is 6.07 Å². The van der Waals surface area contributed by atoms with Gasteiger partial charge in [0.25, 0.3) is 11.2 Å². The highest BCUT2D eigenvalue weighted by molar-refractivity contribution is 9.10. The van der Waals surface area contributed by atoms with Crippen LogP contribution in [0.2, 0.25) is 0 Å². The SMILES string of the molecule is O=c1nc(N2CCC3(CCN(Cc4ccc(Br)cc4F)CC3)CC2)sc2c([N+](=O)[O-])cc(C(F)(F)F)cc12. The van der Waals surface area contributed by atoms with Crippen molar-refractivity contribution in [1.29, 1.82) is 0 Å². The van der Waals surface area contributed by atoms with Gasteiger partial charge in [-0.2, -0.15) is 18.2 Å². The summed E-state index contributed by atoms with van der Waals surface area (Å²) in [5, 5.41) is 11.4. The molecule has 0 unspecified atom stereocenters. The molecule has 0 bridgehead atoms. The lowest BCUT2D eigenvalue weighted by atomic mass is 9.71. The van der Waals surface area contributed by atoms with Gasteiger partial charge in [0.1, 0.15) is 10.5 Å². The first-order chi connectivity index (χ1) is 17.9. The molecule has 0 radical (unpaired) electrons. The molecule has 0 saturated carbocycles. The number of halogens is 5. The molecule has 3 heterocycles. The molecule has 13 heteroatoms. The third kappa shape index (κ3) is 5.41. The zero-order valence-corrected chi connectivity index (χ0v) is 22.5. The maximum absolute atomic E-state index is 14.2. The summed E-state index contributed by atoms with van der Waals surface area (Å²) in [6.07, 6.45) is -1.25. The molecule has 202 valence electrons. The standard InChI is InChI=1S/C25H23BrF4N4O3S/c26-17-2-1-15(19(27)13-17)14-32-7-3-24(4-8-32)5-9-33(10-6-24)23-31-22(35)18-11-16(25(28,29)30)12-20(34(36)37)21(18)38-23/h1-2,11-13H,3-10,14H2. The van der Waals surface area contributed by atoms with Crippen molar-refractivity contribution in [1.82, 2.24) is 9.88 Å². The minimum absolute atomic E-state index is 0.105. The van der Waals surface area contributed by atoms with Gasteiger partial charge in [-0.1, -0.05) is 33.3 Å². The topological polar surface area (TPSA) is 79.6 Å². The minimum Gasteiger partial charge on any atom is -0.348 e. The van der Waals surface area contributed by atoms with Gasteiger partial charge in [0.05, 0.1) is 15.9 Å². The van der Waals surface area contributed by atoms with Crippen LogP contribution in [-0.2, 0) is 12.7 Å². The smallest absolute Gasteiger partial charge is 0.348 e. The molecule has 38 heavy (non-hydrogen) atoms. The van der Waals surface area contributed by atoms with Gasteiger partial charge in [0.15, 0.2) is 5.13 Å². The highest BCUT2D eigenvalue weighted by Gasteiger charge is 2.39. The zero-order chi connectivity index (χ0) is 27.2. The fourth-order valence-corrected chi connectivity index (χ4v) is 6.77. The van der Waals surface area contributed by atoms with Gasteiger partial charge in [-0.25, -0.2) is 4.39 Å². The molecule has 7 nitrogen and oxygen atoms in total. The summed E-state index contributed by atoms with van der Waals surface area (Å²) < 4.78 is 54.5. The first-order valence-electron chi connectivity index (χ1n) is 12.1. The van der Waals surface area contributed by atoms with Crippen LogP contribution >= 0.6 is 27.3 Å². The van der Waals surface area contributed by atoms with E-state index in [0.717, 1.165) is 50.1 Å². The number of hydrogen-bond donors (Lipinski definition) is 0. The molecule has 2 aromatic carbocycles. The van der Waals surface area contributed by atoms with E-state index < -0.39 is 33.3 Å². The van der Waals surface area contributed by atoms with Gasteiger partial charge in [-0.3, -0.25) is 19.8 Å². The van der Waals surface area contributed by atoms with E-state index in [1.807, 2.05) is 11.0 Å². The fourth-order valence-electron chi connectivity index (χ4n) is 5.32. The lowest BCUT2D eigenvalue weighted by Crippen LogP contribution is -2.47. The van der Waals surface area contributed by atoms with Crippen molar-refractivity contribution in [3.05, 3.63) is 72.2 Å². The van der Waals surface area contributed by atoms with Crippen molar-refractivity contribution in [2.75, 3.05) is 31.1 Å². The summed E-state index contributed by atoms with van der Waals surface area (Å²) >= 11 is 4.16. The number of alkyl halides is 3. The van der Waals surface area contributed by atoms with Crippen LogP contribution < -0.4 is 10.5 Å². The van der Waals surface area contributed by atoms with Gasteiger partial charge in [0.2, 0.25) is 0 Å². The third-order valence-corrected chi connectivity index (χ3v) is 9.29. The summed E-state index contributed by atoms with van der Waals surface area (Å²) in [4.78, 5) is 31.5. The summed E-state index contributed by atoms with van der Waals surface area (Å²) in [5.41, 5.74) is -2.13. The lowest BCUT2D eigenvalue weighted by molar-refractivity contribution is -0.383. The highest BCUT2D eigenvalue weighted by Crippen LogP contribution is 2.44. The summed E-state index contributed by atoms with van der Waals surface area (Å²) in [6.45, 7) is 3.40. The Morgan fingerprint density at radius 1 is 1.08 bits per heavy atom. The molecular formula is C25H23BrF4N4O3S. The summed E-state index contributed by atoms with van der Waals surface area (Å²) in [5.74, 6) is -0.232. The Kier molecular flexibility index (Phi) is 7.20. The second kappa shape index (κ2) is 10.2. The van der Waals surface area contributed by atoms with E-state index >= 15 is 0 Å². The van der Waals surface area contributed by atoms with Crippen LogP contribution in [0.3, 0.4) is 0 Å². The number of likely N-dealkylation sites (tertiary alicyclic amines) is 1. The number of nitro groups is 1. The van der Waals surface area contributed by atoms with Crippen LogP contribution in [0.15, 0.2) is 39.6 Å². The van der Waals surface area contributed by atoms with Crippen molar-refractivity contribution in [2.45, 2.75) is 38.4 Å². The molecule has 0 aliphatic carbocycles. The number of nitrogens with zero attached hydrogens (tertiary/aromatic N) is 4. The molecule has 5 rings (SSSR count). The zero-order valence-electron chi connectivity index (χ0n) is 20.1. The van der Waals surface area contributed by atoms with Gasteiger partial charge in [0, 0.05) is 35.7 Å². The Morgan fingerprint density at radius 2 is 1.74 bits per heavy atom. The molecule has 1 spiro atoms. The van der Waals surface area contributed by atoms with E-state index in [4.69, 9.17) is 0 Å². The predicted octanol–water partition coefficient (Wildman–Crippen LogP) is 6.37. The number of piperidine rings is 2. The van der Waals surface area contributed by atoms with E-state index in [1.165, 1.54) is 6.07 Å². The predicted molar refractivity (Wildman–Crippen MR) is 140 cm³/mol. The Bertz CT molecular complexity index is 1450. The Labute approximate surface area is 227 Å². The molecule has 2 aliphatic heterocycles.